The van der Waals surface area contributed by atoms with Crippen molar-refractivity contribution in [3.05, 3.63) is 28.8 Å². The number of benzene rings is 1. The zero-order valence-corrected chi connectivity index (χ0v) is 11.6. The molecule has 0 heterocycles. The molecular formula is C11H14Cl2F2N2O2. The third kappa shape index (κ3) is 6.04. The first kappa shape index (κ1) is 17.9. The van der Waals surface area contributed by atoms with Crippen LogP contribution in [0.2, 0.25) is 5.02 Å². The summed E-state index contributed by atoms with van der Waals surface area (Å²) >= 11 is 5.75. The van der Waals surface area contributed by atoms with Crippen molar-refractivity contribution in [3.8, 4) is 5.75 Å². The number of carbonyl (C=O) groups excluding carboxylic acids is 1. The minimum atomic E-state index is -2.94. The summed E-state index contributed by atoms with van der Waals surface area (Å²) in [5.41, 5.74) is 5.72. The molecule has 4 nitrogen and oxygen atoms in total. The molecule has 0 aliphatic carbocycles. The van der Waals surface area contributed by atoms with Crippen LogP contribution >= 0.6 is 24.0 Å². The topological polar surface area (TPSA) is 64.4 Å². The molecule has 0 aliphatic heterocycles. The van der Waals surface area contributed by atoms with Crippen molar-refractivity contribution in [2.75, 3.05) is 0 Å². The van der Waals surface area contributed by atoms with Crippen LogP contribution in [0.15, 0.2) is 18.2 Å². The lowest BCUT2D eigenvalue weighted by Crippen LogP contribution is -2.37. The molecule has 1 aromatic rings. The second-order valence-electron chi connectivity index (χ2n) is 3.64. The summed E-state index contributed by atoms with van der Waals surface area (Å²) in [6.45, 7) is -1.40. The van der Waals surface area contributed by atoms with E-state index in [-0.39, 0.29) is 24.7 Å². The van der Waals surface area contributed by atoms with Crippen molar-refractivity contribution in [1.82, 2.24) is 5.32 Å². The van der Waals surface area contributed by atoms with Crippen LogP contribution in [0.5, 0.6) is 5.75 Å². The normalized spacial score (nSPS) is 11.7. The molecule has 108 valence electrons. The van der Waals surface area contributed by atoms with E-state index >= 15 is 0 Å². The number of hydrogen-bond donors (Lipinski definition) is 2. The number of rotatable bonds is 5. The Labute approximate surface area is 120 Å². The van der Waals surface area contributed by atoms with Gasteiger partial charge in [-0.3, -0.25) is 4.79 Å². The Morgan fingerprint density at radius 3 is 2.68 bits per heavy atom. The largest absolute Gasteiger partial charge is 0.434 e. The summed E-state index contributed by atoms with van der Waals surface area (Å²) in [4.78, 5) is 11.3. The molecule has 0 spiro atoms. The Morgan fingerprint density at radius 1 is 1.53 bits per heavy atom. The first-order valence-electron chi connectivity index (χ1n) is 5.16. The number of alkyl halides is 2. The van der Waals surface area contributed by atoms with Crippen LogP contribution in [0.3, 0.4) is 0 Å². The Kier molecular flexibility index (Phi) is 7.66. The van der Waals surface area contributed by atoms with Crippen molar-refractivity contribution in [2.24, 2.45) is 5.73 Å². The fourth-order valence-electron chi connectivity index (χ4n) is 1.24. The molecule has 0 fully saturated rings. The highest BCUT2D eigenvalue weighted by Gasteiger charge is 2.12. The summed E-state index contributed by atoms with van der Waals surface area (Å²) in [7, 11) is 0. The summed E-state index contributed by atoms with van der Waals surface area (Å²) in [6.07, 6.45) is 0. The molecule has 0 saturated carbocycles. The minimum Gasteiger partial charge on any atom is -0.434 e. The third-order valence-corrected chi connectivity index (χ3v) is 2.34. The number of nitrogens with one attached hydrogen (secondary N) is 1. The van der Waals surface area contributed by atoms with Gasteiger partial charge in [0.05, 0.1) is 6.04 Å². The lowest BCUT2D eigenvalue weighted by atomic mass is 10.2. The van der Waals surface area contributed by atoms with Crippen LogP contribution < -0.4 is 15.8 Å². The molecule has 0 unspecified atom stereocenters. The quantitative estimate of drug-likeness (QED) is 0.876. The molecule has 1 amide bonds. The van der Waals surface area contributed by atoms with Gasteiger partial charge < -0.3 is 15.8 Å². The highest BCUT2D eigenvalue weighted by Crippen LogP contribution is 2.24. The number of halogens is 4. The van der Waals surface area contributed by atoms with E-state index < -0.39 is 18.6 Å². The third-order valence-electron chi connectivity index (χ3n) is 2.11. The van der Waals surface area contributed by atoms with Gasteiger partial charge >= 0.3 is 6.61 Å². The Morgan fingerprint density at radius 2 is 2.16 bits per heavy atom. The number of ether oxygens (including phenoxy) is 1. The van der Waals surface area contributed by atoms with Crippen LogP contribution in [0.25, 0.3) is 0 Å². The summed E-state index contributed by atoms with van der Waals surface area (Å²) in [6, 6.07) is 3.52. The maximum absolute atomic E-state index is 12.2. The Balaban J connectivity index is 0.00000324. The van der Waals surface area contributed by atoms with Gasteiger partial charge in [-0.1, -0.05) is 11.6 Å². The Bertz CT molecular complexity index is 431. The van der Waals surface area contributed by atoms with Gasteiger partial charge in [-0.25, -0.2) is 0 Å². The van der Waals surface area contributed by atoms with Crippen molar-refractivity contribution in [1.29, 1.82) is 0 Å². The summed E-state index contributed by atoms with van der Waals surface area (Å²) in [5, 5.41) is 2.85. The Hall–Kier alpha value is -1.11. The predicted octanol–water partition coefficient (Wildman–Crippen LogP) is 2.33. The summed E-state index contributed by atoms with van der Waals surface area (Å²) < 4.78 is 28.6. The number of amides is 1. The lowest BCUT2D eigenvalue weighted by Gasteiger charge is -2.13. The molecule has 8 heteroatoms. The van der Waals surface area contributed by atoms with E-state index in [1.54, 1.807) is 0 Å². The van der Waals surface area contributed by atoms with Crippen molar-refractivity contribution in [2.45, 2.75) is 26.1 Å². The van der Waals surface area contributed by atoms with Gasteiger partial charge in [0.15, 0.2) is 0 Å². The average molecular weight is 315 g/mol. The van der Waals surface area contributed by atoms with E-state index in [0.717, 1.165) is 0 Å². The molecule has 1 aromatic carbocycles. The summed E-state index contributed by atoms with van der Waals surface area (Å²) in [5.74, 6) is -0.419. The van der Waals surface area contributed by atoms with Gasteiger partial charge in [0.25, 0.3) is 0 Å². The van der Waals surface area contributed by atoms with Gasteiger partial charge in [0, 0.05) is 17.1 Å². The van der Waals surface area contributed by atoms with Gasteiger partial charge in [0.1, 0.15) is 5.75 Å². The first-order valence-corrected chi connectivity index (χ1v) is 5.54. The fourth-order valence-corrected chi connectivity index (χ4v) is 1.44. The van der Waals surface area contributed by atoms with Crippen molar-refractivity contribution >= 4 is 29.9 Å². The molecule has 1 atom stereocenters. The van der Waals surface area contributed by atoms with Gasteiger partial charge in [0.2, 0.25) is 5.91 Å². The second-order valence-corrected chi connectivity index (χ2v) is 4.07. The minimum absolute atomic E-state index is 0. The molecule has 0 saturated heterocycles. The van der Waals surface area contributed by atoms with E-state index in [1.807, 2.05) is 0 Å². The monoisotopic (exact) mass is 314 g/mol. The van der Waals surface area contributed by atoms with E-state index in [2.05, 4.69) is 10.1 Å². The molecule has 0 aliphatic rings. The van der Waals surface area contributed by atoms with Gasteiger partial charge in [-0.15, -0.1) is 12.4 Å². The highest BCUT2D eigenvalue weighted by molar-refractivity contribution is 6.30. The standard InChI is InChI=1S/C11H13ClF2N2O2.ClH/c1-6(15)10(17)16-5-7-4-8(12)2-3-9(7)18-11(13)14;/h2-4,6,11H,5,15H2,1H3,(H,16,17);1H/t6-;/m0./s1. The van der Waals surface area contributed by atoms with Crippen LogP contribution in [0, 0.1) is 0 Å². The molecule has 19 heavy (non-hydrogen) atoms. The van der Waals surface area contributed by atoms with Crippen LogP contribution in [-0.2, 0) is 11.3 Å². The van der Waals surface area contributed by atoms with Crippen LogP contribution in [-0.4, -0.2) is 18.6 Å². The van der Waals surface area contributed by atoms with Crippen molar-refractivity contribution < 1.29 is 18.3 Å². The van der Waals surface area contributed by atoms with E-state index in [0.29, 0.717) is 10.6 Å². The van der Waals surface area contributed by atoms with Gasteiger partial charge in [-0.05, 0) is 25.1 Å². The molecular weight excluding hydrogens is 301 g/mol. The van der Waals surface area contributed by atoms with E-state index in [4.69, 9.17) is 17.3 Å². The number of nitrogens with two attached hydrogens (primary N) is 1. The number of carbonyl (C=O) groups is 1. The van der Waals surface area contributed by atoms with Crippen LogP contribution in [0.1, 0.15) is 12.5 Å². The van der Waals surface area contributed by atoms with Crippen LogP contribution in [0.4, 0.5) is 8.78 Å². The average Bonchev–Trinajstić information content (AvgIpc) is 2.28. The number of hydrogen-bond acceptors (Lipinski definition) is 3. The molecule has 0 aromatic heterocycles. The molecule has 3 N–H and O–H groups in total. The smallest absolute Gasteiger partial charge is 0.387 e. The predicted molar refractivity (Wildman–Crippen MR) is 70.8 cm³/mol. The molecule has 1 rings (SSSR count). The van der Waals surface area contributed by atoms with Gasteiger partial charge in [-0.2, -0.15) is 8.78 Å². The second kappa shape index (κ2) is 8.14. The van der Waals surface area contributed by atoms with E-state index in [1.165, 1.54) is 25.1 Å². The first-order chi connectivity index (χ1) is 8.40. The van der Waals surface area contributed by atoms with E-state index in [9.17, 15) is 13.6 Å². The fraction of sp³-hybridized carbons (Fsp3) is 0.364. The maximum atomic E-state index is 12.2. The zero-order chi connectivity index (χ0) is 13.7. The van der Waals surface area contributed by atoms with Crippen molar-refractivity contribution in [3.63, 3.8) is 0 Å². The molecule has 0 radical (unpaired) electrons. The maximum Gasteiger partial charge on any atom is 0.387 e. The zero-order valence-electron chi connectivity index (χ0n) is 10.0. The SMILES string of the molecule is C[C@H](N)C(=O)NCc1cc(Cl)ccc1OC(F)F.Cl. The molecule has 0 bridgehead atoms. The lowest BCUT2D eigenvalue weighted by molar-refractivity contribution is -0.122. The highest BCUT2D eigenvalue weighted by atomic mass is 35.5.